The highest BCUT2D eigenvalue weighted by atomic mass is 16.2. The topological polar surface area (TPSA) is 94.7 Å². The van der Waals surface area contributed by atoms with Crippen LogP contribution in [0.2, 0.25) is 0 Å². The Morgan fingerprint density at radius 1 is 1.38 bits per heavy atom. The molecule has 0 spiro atoms. The van der Waals surface area contributed by atoms with E-state index in [1.54, 1.807) is 0 Å². The van der Waals surface area contributed by atoms with Crippen LogP contribution in [0.25, 0.3) is 10.9 Å². The Hall–Kier alpha value is -2.32. The Balaban J connectivity index is 1.85. The van der Waals surface area contributed by atoms with E-state index in [1.807, 2.05) is 30.5 Å². The Morgan fingerprint density at radius 3 is 3.00 bits per heavy atom. The minimum atomic E-state index is -0.555. The molecule has 0 unspecified atom stereocenters. The fourth-order valence-corrected chi connectivity index (χ4v) is 2.30. The van der Waals surface area contributed by atoms with Gasteiger partial charge in [0.25, 0.3) is 0 Å². The van der Waals surface area contributed by atoms with Gasteiger partial charge in [-0.25, -0.2) is 0 Å². The highest BCUT2D eigenvalue weighted by Crippen LogP contribution is 2.18. The first-order valence-corrected chi connectivity index (χ1v) is 7.17. The molecule has 1 aromatic carbocycles. The summed E-state index contributed by atoms with van der Waals surface area (Å²) in [6.07, 6.45) is 4.55. The van der Waals surface area contributed by atoms with E-state index < -0.39 is 6.04 Å². The number of hydrogen-bond acceptors (Lipinski definition) is 3. The van der Waals surface area contributed by atoms with Gasteiger partial charge in [-0.3, -0.25) is 4.79 Å². The number of nitrogens with zero attached hydrogens (tertiary/aromatic N) is 1. The number of unbranched alkanes of at least 4 members (excludes halogenated alkanes) is 2. The molecule has 4 N–H and O–H groups in total. The number of aromatic nitrogens is 1. The summed E-state index contributed by atoms with van der Waals surface area (Å²) in [5.41, 5.74) is 8.07. The minimum Gasteiger partial charge on any atom is -0.361 e. The molecule has 0 saturated carbocycles. The second-order valence-corrected chi connectivity index (χ2v) is 5.08. The summed E-state index contributed by atoms with van der Waals surface area (Å²) in [6.45, 7) is 0.572. The summed E-state index contributed by atoms with van der Waals surface area (Å²) in [5, 5.41) is 12.4. The SMILES string of the molecule is N#CCCCCNC(=O)[C@@H](N)Cc1c[nH]c2ccccc12. The standard InChI is InChI=1S/C16H20N4O/c17-8-4-1-5-9-19-16(21)14(18)10-12-11-20-15-7-3-2-6-13(12)15/h2-3,6-7,11,14,20H,1,4-5,9-10,18H2,(H,19,21)/t14-/m0/s1. The van der Waals surface area contributed by atoms with Crippen molar-refractivity contribution in [2.45, 2.75) is 31.7 Å². The molecule has 0 bridgehead atoms. The van der Waals surface area contributed by atoms with E-state index in [1.165, 1.54) is 0 Å². The van der Waals surface area contributed by atoms with E-state index in [0.29, 0.717) is 19.4 Å². The zero-order chi connectivity index (χ0) is 15.1. The lowest BCUT2D eigenvalue weighted by atomic mass is 10.1. The molecular weight excluding hydrogens is 264 g/mol. The average Bonchev–Trinajstić information content (AvgIpc) is 2.90. The van der Waals surface area contributed by atoms with Crippen molar-refractivity contribution in [3.8, 4) is 6.07 Å². The van der Waals surface area contributed by atoms with Gasteiger partial charge in [-0.15, -0.1) is 0 Å². The van der Waals surface area contributed by atoms with Crippen molar-refractivity contribution >= 4 is 16.8 Å². The third-order valence-electron chi connectivity index (χ3n) is 3.47. The summed E-state index contributed by atoms with van der Waals surface area (Å²) in [6, 6.07) is 9.49. The molecule has 1 heterocycles. The minimum absolute atomic E-state index is 0.141. The van der Waals surface area contributed by atoms with Crippen LogP contribution in [0.1, 0.15) is 24.8 Å². The van der Waals surface area contributed by atoms with E-state index in [-0.39, 0.29) is 5.91 Å². The highest BCUT2D eigenvalue weighted by Gasteiger charge is 2.15. The number of nitriles is 1. The first-order chi connectivity index (χ1) is 10.2. The molecule has 1 amide bonds. The van der Waals surface area contributed by atoms with Gasteiger partial charge in [-0.1, -0.05) is 18.2 Å². The van der Waals surface area contributed by atoms with Crippen LogP contribution in [0, 0.1) is 11.3 Å². The second-order valence-electron chi connectivity index (χ2n) is 5.08. The Morgan fingerprint density at radius 2 is 2.19 bits per heavy atom. The fourth-order valence-electron chi connectivity index (χ4n) is 2.30. The monoisotopic (exact) mass is 284 g/mol. The molecule has 0 saturated heterocycles. The fraction of sp³-hybridized carbons (Fsp3) is 0.375. The molecular formula is C16H20N4O. The van der Waals surface area contributed by atoms with Crippen molar-refractivity contribution < 1.29 is 4.79 Å². The predicted octanol–water partition coefficient (Wildman–Crippen LogP) is 1.85. The number of carbonyl (C=O) groups is 1. The van der Waals surface area contributed by atoms with Crippen LogP contribution in [0.5, 0.6) is 0 Å². The smallest absolute Gasteiger partial charge is 0.237 e. The predicted molar refractivity (Wildman–Crippen MR) is 82.5 cm³/mol. The highest BCUT2D eigenvalue weighted by molar-refractivity contribution is 5.86. The molecule has 0 aliphatic carbocycles. The van der Waals surface area contributed by atoms with Crippen LogP contribution in [0.3, 0.4) is 0 Å². The molecule has 5 nitrogen and oxygen atoms in total. The van der Waals surface area contributed by atoms with E-state index in [4.69, 9.17) is 11.0 Å². The number of rotatable bonds is 7. The van der Waals surface area contributed by atoms with Gasteiger partial charge < -0.3 is 16.0 Å². The maximum absolute atomic E-state index is 11.9. The molecule has 1 aromatic heterocycles. The molecule has 1 atom stereocenters. The number of nitrogens with two attached hydrogens (primary N) is 1. The molecule has 0 aliphatic heterocycles. The zero-order valence-electron chi connectivity index (χ0n) is 11.9. The van der Waals surface area contributed by atoms with Gasteiger partial charge in [0.05, 0.1) is 12.1 Å². The number of aromatic amines is 1. The molecule has 2 rings (SSSR count). The van der Waals surface area contributed by atoms with Crippen molar-refractivity contribution in [2.24, 2.45) is 5.73 Å². The normalized spacial score (nSPS) is 12.0. The molecule has 0 fully saturated rings. The number of nitrogens with one attached hydrogen (secondary N) is 2. The maximum Gasteiger partial charge on any atom is 0.237 e. The van der Waals surface area contributed by atoms with Crippen molar-refractivity contribution in [3.05, 3.63) is 36.0 Å². The van der Waals surface area contributed by atoms with E-state index in [2.05, 4.69) is 16.4 Å². The molecule has 0 radical (unpaired) electrons. The summed E-state index contributed by atoms with van der Waals surface area (Å²) in [7, 11) is 0. The Bertz CT molecular complexity index is 641. The van der Waals surface area contributed by atoms with Gasteiger partial charge >= 0.3 is 0 Å². The number of H-pyrrole nitrogens is 1. The summed E-state index contributed by atoms with van der Waals surface area (Å²) >= 11 is 0. The zero-order valence-corrected chi connectivity index (χ0v) is 11.9. The van der Waals surface area contributed by atoms with Crippen LogP contribution in [0.4, 0.5) is 0 Å². The Kier molecular flexibility index (Phi) is 5.35. The lowest BCUT2D eigenvalue weighted by molar-refractivity contribution is -0.122. The van der Waals surface area contributed by atoms with E-state index in [0.717, 1.165) is 29.3 Å². The lowest BCUT2D eigenvalue weighted by Gasteiger charge is -2.11. The van der Waals surface area contributed by atoms with Crippen LogP contribution in [0.15, 0.2) is 30.5 Å². The molecule has 110 valence electrons. The van der Waals surface area contributed by atoms with Crippen LogP contribution in [-0.4, -0.2) is 23.5 Å². The molecule has 5 heteroatoms. The van der Waals surface area contributed by atoms with Gasteiger partial charge in [-0.05, 0) is 30.9 Å². The third-order valence-corrected chi connectivity index (χ3v) is 3.47. The number of benzene rings is 1. The first kappa shape index (κ1) is 15.1. The second kappa shape index (κ2) is 7.46. The number of carbonyl (C=O) groups excluding carboxylic acids is 1. The number of amides is 1. The Labute approximate surface area is 124 Å². The van der Waals surface area contributed by atoms with Crippen molar-refractivity contribution in [1.29, 1.82) is 5.26 Å². The van der Waals surface area contributed by atoms with Crippen molar-refractivity contribution in [2.75, 3.05) is 6.54 Å². The quantitative estimate of drug-likeness (QED) is 0.677. The first-order valence-electron chi connectivity index (χ1n) is 7.17. The van der Waals surface area contributed by atoms with Gasteiger partial charge in [0.1, 0.15) is 0 Å². The van der Waals surface area contributed by atoms with Gasteiger partial charge in [0.15, 0.2) is 0 Å². The van der Waals surface area contributed by atoms with Crippen LogP contribution in [-0.2, 0) is 11.2 Å². The van der Waals surface area contributed by atoms with Gasteiger partial charge in [-0.2, -0.15) is 5.26 Å². The van der Waals surface area contributed by atoms with Gasteiger partial charge in [0, 0.05) is 30.1 Å². The van der Waals surface area contributed by atoms with Crippen LogP contribution < -0.4 is 11.1 Å². The van der Waals surface area contributed by atoms with Crippen molar-refractivity contribution in [1.82, 2.24) is 10.3 Å². The van der Waals surface area contributed by atoms with Crippen LogP contribution >= 0.6 is 0 Å². The molecule has 0 aliphatic rings. The number of fused-ring (bicyclic) bond motifs is 1. The summed E-state index contributed by atoms with van der Waals surface area (Å²) < 4.78 is 0. The van der Waals surface area contributed by atoms with E-state index >= 15 is 0 Å². The third kappa shape index (κ3) is 4.07. The molecule has 21 heavy (non-hydrogen) atoms. The van der Waals surface area contributed by atoms with Crippen molar-refractivity contribution in [3.63, 3.8) is 0 Å². The summed E-state index contributed by atoms with van der Waals surface area (Å²) in [5.74, 6) is -0.141. The average molecular weight is 284 g/mol. The van der Waals surface area contributed by atoms with Gasteiger partial charge in [0.2, 0.25) is 5.91 Å². The summed E-state index contributed by atoms with van der Waals surface area (Å²) in [4.78, 5) is 15.1. The number of para-hydroxylation sites is 1. The maximum atomic E-state index is 11.9. The number of hydrogen-bond donors (Lipinski definition) is 3. The van der Waals surface area contributed by atoms with E-state index in [9.17, 15) is 4.79 Å². The lowest BCUT2D eigenvalue weighted by Crippen LogP contribution is -2.42. The largest absolute Gasteiger partial charge is 0.361 e. The molecule has 2 aromatic rings.